The van der Waals surface area contributed by atoms with Gasteiger partial charge in [0.05, 0.1) is 9.89 Å². The van der Waals surface area contributed by atoms with Gasteiger partial charge in [-0.15, -0.1) is 11.3 Å². The smallest absolute Gasteiger partial charge is 0.126 e. The molecule has 0 aliphatic carbocycles. The van der Waals surface area contributed by atoms with Crippen LogP contribution in [0.3, 0.4) is 0 Å². The number of hydrogen-bond donors (Lipinski definition) is 1. The Morgan fingerprint density at radius 1 is 1.24 bits per heavy atom. The first-order valence-corrected chi connectivity index (χ1v) is 8.17. The molecular formula is C15H16BrF2NOS. The Labute approximate surface area is 135 Å². The van der Waals surface area contributed by atoms with E-state index in [2.05, 4.69) is 32.3 Å². The molecule has 2 nitrogen and oxygen atoms in total. The zero-order valence-electron chi connectivity index (χ0n) is 11.5. The molecule has 0 bridgehead atoms. The summed E-state index contributed by atoms with van der Waals surface area (Å²) >= 11 is 5.05. The third kappa shape index (κ3) is 5.14. The number of benzene rings is 1. The van der Waals surface area contributed by atoms with E-state index in [1.807, 2.05) is 7.05 Å². The lowest BCUT2D eigenvalue weighted by atomic mass is 10.1. The summed E-state index contributed by atoms with van der Waals surface area (Å²) in [6.07, 6.45) is -0.447. The lowest BCUT2D eigenvalue weighted by molar-refractivity contribution is 0.147. The molecule has 1 heterocycles. The monoisotopic (exact) mass is 375 g/mol. The molecule has 0 aliphatic heterocycles. The number of halogens is 3. The Morgan fingerprint density at radius 2 is 1.90 bits per heavy atom. The molecule has 2 rings (SSSR count). The van der Waals surface area contributed by atoms with Gasteiger partial charge in [0, 0.05) is 19.2 Å². The van der Waals surface area contributed by atoms with E-state index < -0.39 is 17.7 Å². The minimum atomic E-state index is -0.869. The van der Waals surface area contributed by atoms with E-state index in [-0.39, 0.29) is 5.56 Å². The zero-order chi connectivity index (χ0) is 15.4. The van der Waals surface area contributed by atoms with Crippen LogP contribution in [0.15, 0.2) is 33.4 Å². The summed E-state index contributed by atoms with van der Waals surface area (Å²) in [6.45, 7) is 1.40. The molecule has 114 valence electrons. The van der Waals surface area contributed by atoms with Gasteiger partial charge in [-0.05, 0) is 64.1 Å². The molecule has 0 radical (unpaired) electrons. The molecule has 1 aromatic carbocycles. The van der Waals surface area contributed by atoms with Crippen molar-refractivity contribution in [1.29, 1.82) is 0 Å². The highest BCUT2D eigenvalue weighted by atomic mass is 79.9. The number of thiophene rings is 1. The van der Waals surface area contributed by atoms with Crippen molar-refractivity contribution in [3.8, 4) is 0 Å². The van der Waals surface area contributed by atoms with Gasteiger partial charge in [0.1, 0.15) is 11.6 Å². The predicted molar refractivity (Wildman–Crippen MR) is 84.3 cm³/mol. The number of aliphatic hydroxyl groups is 1. The Morgan fingerprint density at radius 3 is 2.48 bits per heavy atom. The molecule has 21 heavy (non-hydrogen) atoms. The number of rotatable bonds is 6. The van der Waals surface area contributed by atoms with Gasteiger partial charge in [0.25, 0.3) is 0 Å². The van der Waals surface area contributed by atoms with E-state index >= 15 is 0 Å². The van der Waals surface area contributed by atoms with Gasteiger partial charge in [0.15, 0.2) is 0 Å². The molecule has 1 N–H and O–H groups in total. The Hall–Kier alpha value is -0.820. The Kier molecular flexibility index (Phi) is 5.87. The van der Waals surface area contributed by atoms with Gasteiger partial charge in [-0.1, -0.05) is 0 Å². The van der Waals surface area contributed by atoms with Crippen molar-refractivity contribution in [2.24, 2.45) is 0 Å². The second kappa shape index (κ2) is 7.45. The van der Waals surface area contributed by atoms with Crippen LogP contribution in [0.4, 0.5) is 8.78 Å². The third-order valence-electron chi connectivity index (χ3n) is 3.13. The van der Waals surface area contributed by atoms with Gasteiger partial charge in [0.2, 0.25) is 0 Å². The first-order chi connectivity index (χ1) is 9.94. The molecular weight excluding hydrogens is 360 g/mol. The van der Waals surface area contributed by atoms with Crippen LogP contribution in [0, 0.1) is 11.6 Å². The maximum Gasteiger partial charge on any atom is 0.126 e. The normalized spacial score (nSPS) is 12.9. The molecule has 1 aromatic heterocycles. The highest BCUT2D eigenvalue weighted by molar-refractivity contribution is 9.11. The predicted octanol–water partition coefficient (Wildman–Crippen LogP) is 4.34. The number of nitrogens with zero attached hydrogens (tertiary/aromatic N) is 1. The summed E-state index contributed by atoms with van der Waals surface area (Å²) in [4.78, 5) is 2.06. The van der Waals surface area contributed by atoms with Gasteiger partial charge in [-0.3, -0.25) is 0 Å². The first-order valence-electron chi connectivity index (χ1n) is 6.49. The van der Waals surface area contributed by atoms with Gasteiger partial charge >= 0.3 is 0 Å². The van der Waals surface area contributed by atoms with Gasteiger partial charge in [-0.25, -0.2) is 8.78 Å². The largest absolute Gasteiger partial charge is 0.388 e. The van der Waals surface area contributed by atoms with Crippen molar-refractivity contribution in [2.45, 2.75) is 19.1 Å². The third-order valence-corrected chi connectivity index (χ3v) is 4.68. The maximum absolute atomic E-state index is 13.1. The molecule has 2 aromatic rings. The molecule has 0 saturated heterocycles. The van der Waals surface area contributed by atoms with Crippen molar-refractivity contribution in [3.63, 3.8) is 0 Å². The lowest BCUT2D eigenvalue weighted by Crippen LogP contribution is -2.20. The lowest BCUT2D eigenvalue weighted by Gasteiger charge is -2.18. The number of aliphatic hydroxyl groups excluding tert-OH is 1. The maximum atomic E-state index is 13.1. The summed E-state index contributed by atoms with van der Waals surface area (Å²) in [5.41, 5.74) is 1.47. The minimum Gasteiger partial charge on any atom is -0.388 e. The van der Waals surface area contributed by atoms with Crippen LogP contribution in [-0.4, -0.2) is 23.6 Å². The van der Waals surface area contributed by atoms with Crippen LogP contribution >= 0.6 is 27.3 Å². The van der Waals surface area contributed by atoms with Crippen LogP contribution in [-0.2, 0) is 6.54 Å². The van der Waals surface area contributed by atoms with Crippen molar-refractivity contribution in [1.82, 2.24) is 4.90 Å². The summed E-state index contributed by atoms with van der Waals surface area (Å²) in [5.74, 6) is -1.33. The summed E-state index contributed by atoms with van der Waals surface area (Å²) in [5, 5.41) is 12.1. The average molecular weight is 376 g/mol. The minimum absolute atomic E-state index is 0.277. The van der Waals surface area contributed by atoms with Crippen LogP contribution in [0.2, 0.25) is 0 Å². The van der Waals surface area contributed by atoms with Crippen LogP contribution in [0.5, 0.6) is 0 Å². The highest BCUT2D eigenvalue weighted by Crippen LogP contribution is 2.23. The molecule has 0 amide bonds. The molecule has 0 fully saturated rings. The first kappa shape index (κ1) is 16.5. The van der Waals surface area contributed by atoms with E-state index in [0.717, 1.165) is 16.4 Å². The summed E-state index contributed by atoms with van der Waals surface area (Å²) in [7, 11) is 1.95. The molecule has 0 aliphatic rings. The molecule has 6 heteroatoms. The number of hydrogen-bond acceptors (Lipinski definition) is 3. The summed E-state index contributed by atoms with van der Waals surface area (Å²) < 4.78 is 27.3. The fourth-order valence-corrected chi connectivity index (χ4v) is 3.30. The fraction of sp³-hybridized carbons (Fsp3) is 0.333. The van der Waals surface area contributed by atoms with E-state index in [1.165, 1.54) is 17.7 Å². The van der Waals surface area contributed by atoms with Gasteiger partial charge < -0.3 is 10.0 Å². The Bertz CT molecular complexity index is 585. The highest BCUT2D eigenvalue weighted by Gasteiger charge is 2.12. The Balaban J connectivity index is 1.86. The molecule has 0 spiro atoms. The van der Waals surface area contributed by atoms with E-state index in [0.29, 0.717) is 13.0 Å². The second-order valence-electron chi connectivity index (χ2n) is 5.00. The zero-order valence-corrected chi connectivity index (χ0v) is 13.9. The standard InChI is InChI=1S/C15H16BrF2NOS/c1-19(8-10-4-15(16)21-9-10)3-2-14(20)11-5-12(17)7-13(18)6-11/h4-7,9,14,20H,2-3,8H2,1H3. The molecule has 1 unspecified atom stereocenters. The van der Waals surface area contributed by atoms with Crippen molar-refractivity contribution in [3.05, 3.63) is 56.2 Å². The topological polar surface area (TPSA) is 23.5 Å². The van der Waals surface area contributed by atoms with Crippen LogP contribution < -0.4 is 0 Å². The van der Waals surface area contributed by atoms with E-state index in [4.69, 9.17) is 0 Å². The quantitative estimate of drug-likeness (QED) is 0.811. The average Bonchev–Trinajstić information content (AvgIpc) is 2.80. The van der Waals surface area contributed by atoms with E-state index in [9.17, 15) is 13.9 Å². The second-order valence-corrected chi connectivity index (χ2v) is 7.29. The summed E-state index contributed by atoms with van der Waals surface area (Å²) in [6, 6.07) is 5.20. The van der Waals surface area contributed by atoms with Crippen molar-refractivity contribution < 1.29 is 13.9 Å². The fourth-order valence-electron chi connectivity index (χ4n) is 2.10. The SMILES string of the molecule is CN(CCC(O)c1cc(F)cc(F)c1)Cc1csc(Br)c1. The van der Waals surface area contributed by atoms with Crippen LogP contribution in [0.1, 0.15) is 23.7 Å². The van der Waals surface area contributed by atoms with Crippen LogP contribution in [0.25, 0.3) is 0 Å². The molecule has 0 saturated carbocycles. The van der Waals surface area contributed by atoms with Crippen molar-refractivity contribution >= 4 is 27.3 Å². The van der Waals surface area contributed by atoms with E-state index in [1.54, 1.807) is 11.3 Å². The van der Waals surface area contributed by atoms with Gasteiger partial charge in [-0.2, -0.15) is 0 Å². The molecule has 1 atom stereocenters. The van der Waals surface area contributed by atoms with Crippen molar-refractivity contribution in [2.75, 3.05) is 13.6 Å².